The molecule has 1 aromatic carbocycles. The number of hydrogen-bond donors (Lipinski definition) is 1. The van der Waals surface area contributed by atoms with Crippen molar-refractivity contribution in [3.05, 3.63) is 35.4 Å². The summed E-state index contributed by atoms with van der Waals surface area (Å²) in [6, 6.07) is 7.57. The molecule has 1 N–H and O–H groups in total. The van der Waals surface area contributed by atoms with Crippen LogP contribution < -0.4 is 0 Å². The van der Waals surface area contributed by atoms with E-state index in [9.17, 15) is 14.7 Å². The largest absolute Gasteiger partial charge is 0.481 e. The Bertz CT molecular complexity index is 629. The fourth-order valence-corrected chi connectivity index (χ4v) is 4.62. The summed E-state index contributed by atoms with van der Waals surface area (Å²) in [6.45, 7) is 0. The molecule has 0 aromatic heterocycles. The molecule has 1 atom stereocenters. The van der Waals surface area contributed by atoms with Crippen LogP contribution in [0.2, 0.25) is 0 Å². The van der Waals surface area contributed by atoms with Crippen LogP contribution in [-0.2, 0) is 4.79 Å². The summed E-state index contributed by atoms with van der Waals surface area (Å²) in [5.74, 6) is -1.31. The van der Waals surface area contributed by atoms with E-state index in [4.69, 9.17) is 0 Å². The van der Waals surface area contributed by atoms with E-state index in [1.165, 1.54) is 0 Å². The molecule has 4 rings (SSSR count). The Hall–Kier alpha value is -1.84. The summed E-state index contributed by atoms with van der Waals surface area (Å²) in [5, 5.41) is 9.97. The lowest BCUT2D eigenvalue weighted by molar-refractivity contribution is -0.144. The molecule has 1 spiro atoms. The lowest BCUT2D eigenvalue weighted by atomic mass is 9.65. The molecule has 2 fully saturated rings. The normalized spacial score (nSPS) is 26.8. The van der Waals surface area contributed by atoms with E-state index in [1.54, 1.807) is 6.07 Å². The molecular formula is C18H21NO3. The van der Waals surface area contributed by atoms with Gasteiger partial charge in [-0.2, -0.15) is 0 Å². The zero-order chi connectivity index (χ0) is 15.3. The van der Waals surface area contributed by atoms with Gasteiger partial charge in [-0.3, -0.25) is 9.59 Å². The van der Waals surface area contributed by atoms with Crippen LogP contribution in [-0.4, -0.2) is 33.5 Å². The number of aliphatic carboxylic acids is 1. The highest BCUT2D eigenvalue weighted by Gasteiger charge is 2.58. The molecule has 1 unspecified atom stereocenters. The molecular weight excluding hydrogens is 278 g/mol. The number of carbonyl (C=O) groups excluding carboxylic acids is 1. The van der Waals surface area contributed by atoms with Crippen molar-refractivity contribution in [1.29, 1.82) is 0 Å². The standard InChI is InChI=1S/C18H21NO3/c20-16-14-7-3-2-6-13(14)15(17(21)22)18(10-4-1-5-11-18)19(16)12-8-9-12/h2-3,6-7,12,15H,1,4-5,8-11H2,(H,21,22). The maximum Gasteiger partial charge on any atom is 0.313 e. The number of amides is 1. The predicted octanol–water partition coefficient (Wildman–Crippen LogP) is 3.18. The maximum absolute atomic E-state index is 13.1. The van der Waals surface area contributed by atoms with Gasteiger partial charge in [0.2, 0.25) is 0 Å². The van der Waals surface area contributed by atoms with E-state index < -0.39 is 17.4 Å². The van der Waals surface area contributed by atoms with Crippen LogP contribution in [0.1, 0.15) is 66.8 Å². The summed E-state index contributed by atoms with van der Waals surface area (Å²) in [6.07, 6.45) is 6.85. The molecule has 3 aliphatic rings. The topological polar surface area (TPSA) is 57.6 Å². The first-order chi connectivity index (χ1) is 10.6. The van der Waals surface area contributed by atoms with Gasteiger partial charge in [0.1, 0.15) is 5.92 Å². The van der Waals surface area contributed by atoms with Crippen molar-refractivity contribution in [2.24, 2.45) is 0 Å². The Morgan fingerprint density at radius 2 is 1.82 bits per heavy atom. The van der Waals surface area contributed by atoms with Crippen LogP contribution in [0, 0.1) is 0 Å². The summed E-state index contributed by atoms with van der Waals surface area (Å²) in [4.78, 5) is 27.2. The zero-order valence-corrected chi connectivity index (χ0v) is 12.6. The SMILES string of the molecule is O=C(O)C1c2ccccc2C(=O)N(C2CC2)C12CCCCC2. The van der Waals surface area contributed by atoms with Crippen molar-refractivity contribution >= 4 is 11.9 Å². The molecule has 0 bridgehead atoms. The van der Waals surface area contributed by atoms with E-state index in [2.05, 4.69) is 0 Å². The van der Waals surface area contributed by atoms with Gasteiger partial charge < -0.3 is 10.0 Å². The second kappa shape index (κ2) is 4.83. The van der Waals surface area contributed by atoms with Crippen LogP contribution in [0.15, 0.2) is 24.3 Å². The molecule has 22 heavy (non-hydrogen) atoms. The minimum absolute atomic E-state index is 0.0532. The number of carbonyl (C=O) groups is 2. The molecule has 1 aromatic rings. The monoisotopic (exact) mass is 299 g/mol. The number of carboxylic acids is 1. The molecule has 1 amide bonds. The first kappa shape index (κ1) is 13.8. The maximum atomic E-state index is 13.1. The van der Waals surface area contributed by atoms with E-state index in [-0.39, 0.29) is 11.9 Å². The Balaban J connectivity index is 1.92. The van der Waals surface area contributed by atoms with Crippen LogP contribution >= 0.6 is 0 Å². The Labute approximate surface area is 130 Å². The zero-order valence-electron chi connectivity index (χ0n) is 12.6. The summed E-state index contributed by atoms with van der Waals surface area (Å²) in [7, 11) is 0. The average molecular weight is 299 g/mol. The number of carboxylic acid groups (broad SMARTS) is 1. The fraction of sp³-hybridized carbons (Fsp3) is 0.556. The number of fused-ring (bicyclic) bond motifs is 1. The summed E-state index contributed by atoms with van der Waals surface area (Å²) in [5.41, 5.74) is 0.813. The van der Waals surface area contributed by atoms with Gasteiger partial charge in [0.05, 0.1) is 5.54 Å². The molecule has 2 saturated carbocycles. The highest BCUT2D eigenvalue weighted by Crippen LogP contribution is 2.52. The molecule has 4 heteroatoms. The highest BCUT2D eigenvalue weighted by atomic mass is 16.4. The molecule has 1 heterocycles. The number of rotatable bonds is 2. The fourth-order valence-electron chi connectivity index (χ4n) is 4.62. The smallest absolute Gasteiger partial charge is 0.313 e. The first-order valence-electron chi connectivity index (χ1n) is 8.30. The third-order valence-corrected chi connectivity index (χ3v) is 5.62. The van der Waals surface area contributed by atoms with Crippen molar-refractivity contribution < 1.29 is 14.7 Å². The molecule has 0 saturated heterocycles. The quantitative estimate of drug-likeness (QED) is 0.912. The molecule has 4 nitrogen and oxygen atoms in total. The Morgan fingerprint density at radius 1 is 1.14 bits per heavy atom. The van der Waals surface area contributed by atoms with Crippen molar-refractivity contribution in [3.8, 4) is 0 Å². The third kappa shape index (κ3) is 1.82. The van der Waals surface area contributed by atoms with E-state index in [1.807, 2.05) is 23.1 Å². The van der Waals surface area contributed by atoms with Gasteiger partial charge in [0.15, 0.2) is 0 Å². The summed E-state index contributed by atoms with van der Waals surface area (Å²) < 4.78 is 0. The van der Waals surface area contributed by atoms with Crippen LogP contribution in [0.3, 0.4) is 0 Å². The van der Waals surface area contributed by atoms with Crippen molar-refractivity contribution in [3.63, 3.8) is 0 Å². The third-order valence-electron chi connectivity index (χ3n) is 5.62. The molecule has 2 aliphatic carbocycles. The average Bonchev–Trinajstić information content (AvgIpc) is 3.32. The lowest BCUT2D eigenvalue weighted by Gasteiger charge is -2.53. The van der Waals surface area contributed by atoms with Gasteiger partial charge in [0.25, 0.3) is 5.91 Å². The predicted molar refractivity (Wildman–Crippen MR) is 81.8 cm³/mol. The second-order valence-corrected chi connectivity index (χ2v) is 6.93. The van der Waals surface area contributed by atoms with Crippen molar-refractivity contribution in [1.82, 2.24) is 4.90 Å². The van der Waals surface area contributed by atoms with Gasteiger partial charge in [-0.25, -0.2) is 0 Å². The van der Waals surface area contributed by atoms with Crippen molar-refractivity contribution in [2.75, 3.05) is 0 Å². The first-order valence-corrected chi connectivity index (χ1v) is 8.30. The van der Waals surface area contributed by atoms with Gasteiger partial charge in [-0.1, -0.05) is 37.5 Å². The second-order valence-electron chi connectivity index (χ2n) is 6.93. The molecule has 1 aliphatic heterocycles. The van der Waals surface area contributed by atoms with Crippen molar-refractivity contribution in [2.45, 2.75) is 62.4 Å². The number of hydrogen-bond acceptors (Lipinski definition) is 2. The van der Waals surface area contributed by atoms with E-state index in [0.29, 0.717) is 5.56 Å². The van der Waals surface area contributed by atoms with E-state index >= 15 is 0 Å². The van der Waals surface area contributed by atoms with Gasteiger partial charge >= 0.3 is 5.97 Å². The molecule has 116 valence electrons. The van der Waals surface area contributed by atoms with Crippen LogP contribution in [0.4, 0.5) is 0 Å². The Kier molecular flexibility index (Phi) is 3.03. The van der Waals surface area contributed by atoms with Gasteiger partial charge in [0, 0.05) is 11.6 Å². The minimum atomic E-state index is -0.785. The lowest BCUT2D eigenvalue weighted by Crippen LogP contribution is -2.62. The minimum Gasteiger partial charge on any atom is -0.481 e. The van der Waals surface area contributed by atoms with Crippen LogP contribution in [0.25, 0.3) is 0 Å². The number of benzene rings is 1. The number of nitrogens with zero attached hydrogens (tertiary/aromatic N) is 1. The highest BCUT2D eigenvalue weighted by molar-refractivity contribution is 6.01. The van der Waals surface area contributed by atoms with Crippen LogP contribution in [0.5, 0.6) is 0 Å². The molecule has 0 radical (unpaired) electrons. The Morgan fingerprint density at radius 3 is 2.45 bits per heavy atom. The van der Waals surface area contributed by atoms with E-state index in [0.717, 1.165) is 50.5 Å². The van der Waals surface area contributed by atoms with Gasteiger partial charge in [-0.15, -0.1) is 0 Å². The summed E-state index contributed by atoms with van der Waals surface area (Å²) >= 11 is 0. The van der Waals surface area contributed by atoms with Gasteiger partial charge in [-0.05, 0) is 37.3 Å².